The van der Waals surface area contributed by atoms with Crippen molar-refractivity contribution in [2.75, 3.05) is 0 Å². The molecule has 1 fully saturated rings. The molecule has 1 heterocycles. The zero-order chi connectivity index (χ0) is 11.9. The van der Waals surface area contributed by atoms with Gasteiger partial charge in [-0.25, -0.2) is 0 Å². The maximum atomic E-state index is 5.94. The van der Waals surface area contributed by atoms with Crippen molar-refractivity contribution in [3.63, 3.8) is 0 Å². The number of rotatable bonds is 3. The lowest BCUT2D eigenvalue weighted by Crippen LogP contribution is -2.10. The molecule has 1 aromatic heterocycles. The molecule has 3 nitrogen and oxygen atoms in total. The highest BCUT2D eigenvalue weighted by Crippen LogP contribution is 2.52. The van der Waals surface area contributed by atoms with Gasteiger partial charge in [-0.2, -0.15) is 4.98 Å². The molecule has 88 valence electrons. The van der Waals surface area contributed by atoms with Gasteiger partial charge in [0.2, 0.25) is 5.89 Å². The monoisotopic (exact) mass is 248 g/mol. The van der Waals surface area contributed by atoms with Crippen LogP contribution in [0.2, 0.25) is 0 Å². The third kappa shape index (κ3) is 1.75. The molecule has 1 aromatic carbocycles. The first-order valence-corrected chi connectivity index (χ1v) is 6.20. The maximum absolute atomic E-state index is 5.94. The molecule has 0 aliphatic heterocycles. The van der Waals surface area contributed by atoms with E-state index in [-0.39, 0.29) is 10.8 Å². The second kappa shape index (κ2) is 3.84. The summed E-state index contributed by atoms with van der Waals surface area (Å²) in [4.78, 5) is 4.41. The van der Waals surface area contributed by atoms with Gasteiger partial charge < -0.3 is 4.52 Å². The third-order valence-corrected chi connectivity index (χ3v) is 3.47. The van der Waals surface area contributed by atoms with Crippen LogP contribution in [0.5, 0.6) is 0 Å². The number of halogens is 1. The number of hydrogen-bond acceptors (Lipinski definition) is 3. The van der Waals surface area contributed by atoms with Crippen molar-refractivity contribution in [1.29, 1.82) is 0 Å². The Morgan fingerprint density at radius 1 is 1.29 bits per heavy atom. The molecule has 0 saturated heterocycles. The summed E-state index contributed by atoms with van der Waals surface area (Å²) in [6.07, 6.45) is 2.15. The van der Waals surface area contributed by atoms with Crippen LogP contribution in [0.25, 0.3) is 0 Å². The standard InChI is InChI=1S/C13H13ClN2O/c1-9(14)11-15-12(16-17-11)13(7-8-13)10-5-3-2-4-6-10/h2-6,9H,7-8H2,1H3. The van der Waals surface area contributed by atoms with E-state index in [1.165, 1.54) is 5.56 Å². The molecular formula is C13H13ClN2O. The lowest BCUT2D eigenvalue weighted by Gasteiger charge is -2.10. The van der Waals surface area contributed by atoms with E-state index in [1.54, 1.807) is 0 Å². The van der Waals surface area contributed by atoms with Gasteiger partial charge in [0.15, 0.2) is 5.82 Å². The van der Waals surface area contributed by atoms with Gasteiger partial charge in [-0.15, -0.1) is 11.6 Å². The lowest BCUT2D eigenvalue weighted by molar-refractivity contribution is 0.371. The first-order valence-electron chi connectivity index (χ1n) is 5.76. The maximum Gasteiger partial charge on any atom is 0.244 e. The summed E-state index contributed by atoms with van der Waals surface area (Å²) in [5.41, 5.74) is 1.23. The van der Waals surface area contributed by atoms with E-state index in [9.17, 15) is 0 Å². The van der Waals surface area contributed by atoms with E-state index in [2.05, 4.69) is 22.3 Å². The molecule has 4 heteroatoms. The molecular weight excluding hydrogens is 236 g/mol. The van der Waals surface area contributed by atoms with E-state index in [4.69, 9.17) is 16.1 Å². The summed E-state index contributed by atoms with van der Waals surface area (Å²) < 4.78 is 5.18. The number of hydrogen-bond donors (Lipinski definition) is 0. The Labute approximate surface area is 105 Å². The van der Waals surface area contributed by atoms with E-state index in [0.29, 0.717) is 5.89 Å². The highest BCUT2D eigenvalue weighted by Gasteiger charge is 2.49. The summed E-state index contributed by atoms with van der Waals surface area (Å²) in [6, 6.07) is 10.3. The highest BCUT2D eigenvalue weighted by atomic mass is 35.5. The molecule has 1 saturated carbocycles. The minimum absolute atomic E-state index is 0.0329. The van der Waals surface area contributed by atoms with Crippen molar-refractivity contribution in [3.05, 3.63) is 47.6 Å². The molecule has 0 N–H and O–H groups in total. The van der Waals surface area contributed by atoms with Crippen LogP contribution in [0, 0.1) is 0 Å². The van der Waals surface area contributed by atoms with E-state index < -0.39 is 0 Å². The number of nitrogens with zero attached hydrogens (tertiary/aromatic N) is 2. The Hall–Kier alpha value is -1.35. The Morgan fingerprint density at radius 3 is 2.53 bits per heavy atom. The summed E-state index contributed by atoms with van der Waals surface area (Å²) in [5, 5.41) is 3.84. The van der Waals surface area contributed by atoms with E-state index in [0.717, 1.165) is 18.7 Å². The zero-order valence-corrected chi connectivity index (χ0v) is 10.3. The van der Waals surface area contributed by atoms with E-state index >= 15 is 0 Å². The Kier molecular flexibility index (Phi) is 2.44. The molecule has 0 amide bonds. The van der Waals surface area contributed by atoms with Gasteiger partial charge in [-0.1, -0.05) is 35.5 Å². The SMILES string of the molecule is CC(Cl)c1nc(C2(c3ccccc3)CC2)no1. The van der Waals surface area contributed by atoms with Crippen LogP contribution in [-0.4, -0.2) is 10.1 Å². The van der Waals surface area contributed by atoms with E-state index in [1.807, 2.05) is 25.1 Å². The van der Waals surface area contributed by atoms with Gasteiger partial charge in [0.25, 0.3) is 0 Å². The normalized spacial score (nSPS) is 18.9. The topological polar surface area (TPSA) is 38.9 Å². The fourth-order valence-corrected chi connectivity index (χ4v) is 2.20. The predicted octanol–water partition coefficient (Wildman–Crippen LogP) is 3.45. The third-order valence-electron chi connectivity index (χ3n) is 3.29. The van der Waals surface area contributed by atoms with Gasteiger partial charge in [-0.3, -0.25) is 0 Å². The van der Waals surface area contributed by atoms with Crippen molar-refractivity contribution in [2.45, 2.75) is 30.6 Å². The average Bonchev–Trinajstić information content (AvgIpc) is 3.00. The average molecular weight is 249 g/mol. The van der Waals surface area contributed by atoms with Gasteiger partial charge in [0.1, 0.15) is 5.38 Å². The van der Waals surface area contributed by atoms with Crippen LogP contribution < -0.4 is 0 Å². The Bertz CT molecular complexity index is 517. The Balaban J connectivity index is 1.98. The van der Waals surface area contributed by atoms with Crippen LogP contribution in [0.1, 0.15) is 42.4 Å². The predicted molar refractivity (Wildman–Crippen MR) is 65.0 cm³/mol. The first-order chi connectivity index (χ1) is 8.22. The minimum Gasteiger partial charge on any atom is -0.338 e. The second-order valence-electron chi connectivity index (χ2n) is 4.52. The number of benzene rings is 1. The molecule has 0 radical (unpaired) electrons. The molecule has 2 aromatic rings. The summed E-state index contributed by atoms with van der Waals surface area (Å²) in [7, 11) is 0. The summed E-state index contributed by atoms with van der Waals surface area (Å²) in [6.45, 7) is 1.83. The molecule has 0 spiro atoms. The van der Waals surface area contributed by atoms with Crippen LogP contribution >= 0.6 is 11.6 Å². The highest BCUT2D eigenvalue weighted by molar-refractivity contribution is 6.20. The summed E-state index contributed by atoms with van der Waals surface area (Å²) in [5.74, 6) is 1.27. The molecule has 1 aliphatic rings. The lowest BCUT2D eigenvalue weighted by atomic mass is 9.95. The fraction of sp³-hybridized carbons (Fsp3) is 0.385. The van der Waals surface area contributed by atoms with Gasteiger partial charge in [-0.05, 0) is 25.3 Å². The Morgan fingerprint density at radius 2 is 2.00 bits per heavy atom. The second-order valence-corrected chi connectivity index (χ2v) is 5.18. The quantitative estimate of drug-likeness (QED) is 0.781. The van der Waals surface area contributed by atoms with Gasteiger partial charge in [0.05, 0.1) is 5.41 Å². The van der Waals surface area contributed by atoms with Crippen molar-refractivity contribution >= 4 is 11.6 Å². The van der Waals surface area contributed by atoms with Crippen molar-refractivity contribution < 1.29 is 4.52 Å². The minimum atomic E-state index is -0.233. The first kappa shape index (κ1) is 10.8. The summed E-state index contributed by atoms with van der Waals surface area (Å²) >= 11 is 5.94. The largest absolute Gasteiger partial charge is 0.338 e. The molecule has 1 aliphatic carbocycles. The van der Waals surface area contributed by atoms with Crippen LogP contribution in [-0.2, 0) is 5.41 Å². The van der Waals surface area contributed by atoms with Crippen molar-refractivity contribution in [2.24, 2.45) is 0 Å². The zero-order valence-electron chi connectivity index (χ0n) is 9.56. The van der Waals surface area contributed by atoms with Gasteiger partial charge >= 0.3 is 0 Å². The fourth-order valence-electron chi connectivity index (χ4n) is 2.11. The molecule has 17 heavy (non-hydrogen) atoms. The smallest absolute Gasteiger partial charge is 0.244 e. The molecule has 1 unspecified atom stereocenters. The van der Waals surface area contributed by atoms with Crippen LogP contribution in [0.4, 0.5) is 0 Å². The van der Waals surface area contributed by atoms with Crippen molar-refractivity contribution in [1.82, 2.24) is 10.1 Å². The molecule has 3 rings (SSSR count). The van der Waals surface area contributed by atoms with Crippen molar-refractivity contribution in [3.8, 4) is 0 Å². The van der Waals surface area contributed by atoms with Crippen LogP contribution in [0.15, 0.2) is 34.9 Å². The van der Waals surface area contributed by atoms with Crippen LogP contribution in [0.3, 0.4) is 0 Å². The van der Waals surface area contributed by atoms with Gasteiger partial charge in [0, 0.05) is 0 Å². The molecule has 0 bridgehead atoms. The molecule has 1 atom stereocenters. The number of alkyl halides is 1. The number of aromatic nitrogens is 2.